The van der Waals surface area contributed by atoms with Gasteiger partial charge in [0, 0.05) is 5.38 Å². The lowest BCUT2D eigenvalue weighted by atomic mass is 10.2. The molecule has 0 saturated heterocycles. The SMILES string of the molecule is CO/C=N\c1nc(C(C)C)cs1. The van der Waals surface area contributed by atoms with E-state index < -0.39 is 0 Å². The van der Waals surface area contributed by atoms with Crippen molar-refractivity contribution in [3.05, 3.63) is 11.1 Å². The number of hydrogen-bond acceptors (Lipinski definition) is 4. The highest BCUT2D eigenvalue weighted by molar-refractivity contribution is 7.13. The molecule has 0 aliphatic heterocycles. The molecule has 0 spiro atoms. The first-order valence-electron chi connectivity index (χ1n) is 3.74. The first kappa shape index (κ1) is 9.19. The fourth-order valence-corrected chi connectivity index (χ4v) is 1.51. The van der Waals surface area contributed by atoms with Crippen LogP contribution in [0, 0.1) is 0 Å². The predicted molar refractivity (Wildman–Crippen MR) is 51.4 cm³/mol. The molecular weight excluding hydrogens is 172 g/mol. The minimum atomic E-state index is 0.466. The largest absolute Gasteiger partial charge is 0.486 e. The van der Waals surface area contributed by atoms with Gasteiger partial charge in [-0.25, -0.2) is 4.98 Å². The molecule has 0 radical (unpaired) electrons. The van der Waals surface area contributed by atoms with Crippen molar-refractivity contribution in [3.63, 3.8) is 0 Å². The standard InChI is InChI=1S/C8H12N2OS/c1-6(2)7-4-12-8(10-7)9-5-11-3/h4-6H,1-3H3/b9-5-. The maximum absolute atomic E-state index is 4.69. The van der Waals surface area contributed by atoms with Gasteiger partial charge in [0.05, 0.1) is 12.8 Å². The fourth-order valence-electron chi connectivity index (χ4n) is 0.698. The van der Waals surface area contributed by atoms with E-state index >= 15 is 0 Å². The van der Waals surface area contributed by atoms with Gasteiger partial charge >= 0.3 is 0 Å². The zero-order valence-electron chi connectivity index (χ0n) is 7.44. The Morgan fingerprint density at radius 3 is 2.92 bits per heavy atom. The average molecular weight is 184 g/mol. The second-order valence-electron chi connectivity index (χ2n) is 2.68. The quantitative estimate of drug-likeness (QED) is 0.534. The summed E-state index contributed by atoms with van der Waals surface area (Å²) < 4.78 is 4.69. The molecule has 0 N–H and O–H groups in total. The number of aliphatic imine (C=N–C) groups is 1. The molecule has 0 saturated carbocycles. The Balaban J connectivity index is 2.70. The average Bonchev–Trinajstić information content (AvgIpc) is 2.48. The highest BCUT2D eigenvalue weighted by atomic mass is 32.1. The molecule has 0 amide bonds. The Bertz CT molecular complexity index is 268. The van der Waals surface area contributed by atoms with Gasteiger partial charge in [0.15, 0.2) is 6.40 Å². The second-order valence-corrected chi connectivity index (χ2v) is 3.52. The molecule has 1 rings (SSSR count). The van der Waals surface area contributed by atoms with Gasteiger partial charge < -0.3 is 4.74 Å². The summed E-state index contributed by atoms with van der Waals surface area (Å²) in [6.45, 7) is 4.22. The van der Waals surface area contributed by atoms with Crippen molar-refractivity contribution >= 4 is 22.9 Å². The first-order chi connectivity index (χ1) is 5.74. The molecule has 0 atom stereocenters. The summed E-state index contributed by atoms with van der Waals surface area (Å²) in [5.74, 6) is 0.466. The highest BCUT2D eigenvalue weighted by Gasteiger charge is 2.03. The first-order valence-corrected chi connectivity index (χ1v) is 4.62. The molecule has 0 fully saturated rings. The number of ether oxygens (including phenoxy) is 1. The predicted octanol–water partition coefficient (Wildman–Crippen LogP) is 2.57. The maximum atomic E-state index is 4.69. The minimum Gasteiger partial charge on any atom is -0.486 e. The summed E-state index contributed by atoms with van der Waals surface area (Å²) in [6, 6.07) is 0. The molecular formula is C8H12N2OS. The van der Waals surface area contributed by atoms with Gasteiger partial charge in [-0.15, -0.1) is 11.3 Å². The van der Waals surface area contributed by atoms with E-state index in [1.54, 1.807) is 7.11 Å². The molecule has 3 nitrogen and oxygen atoms in total. The van der Waals surface area contributed by atoms with Crippen LogP contribution in [0.4, 0.5) is 5.13 Å². The molecule has 12 heavy (non-hydrogen) atoms. The van der Waals surface area contributed by atoms with Crippen LogP contribution < -0.4 is 0 Å². The van der Waals surface area contributed by atoms with E-state index in [4.69, 9.17) is 4.74 Å². The number of methoxy groups -OCH3 is 1. The molecule has 66 valence electrons. The molecule has 1 aromatic rings. The van der Waals surface area contributed by atoms with Crippen LogP contribution in [-0.2, 0) is 4.74 Å². The van der Waals surface area contributed by atoms with Gasteiger partial charge in [-0.2, -0.15) is 4.99 Å². The zero-order valence-corrected chi connectivity index (χ0v) is 8.26. The Labute approximate surface area is 76.1 Å². The van der Waals surface area contributed by atoms with Crippen molar-refractivity contribution in [1.29, 1.82) is 0 Å². The van der Waals surface area contributed by atoms with Crippen LogP contribution in [0.15, 0.2) is 10.4 Å². The summed E-state index contributed by atoms with van der Waals surface area (Å²) >= 11 is 1.53. The fraction of sp³-hybridized carbons (Fsp3) is 0.500. The smallest absolute Gasteiger partial charge is 0.212 e. The van der Waals surface area contributed by atoms with Gasteiger partial charge in [-0.1, -0.05) is 13.8 Å². The van der Waals surface area contributed by atoms with Crippen molar-refractivity contribution in [2.24, 2.45) is 4.99 Å². The molecule has 1 heterocycles. The second kappa shape index (κ2) is 4.21. The summed E-state index contributed by atoms with van der Waals surface area (Å²) in [6.07, 6.45) is 1.39. The molecule has 1 aromatic heterocycles. The number of nitrogens with zero attached hydrogens (tertiary/aromatic N) is 2. The molecule has 0 unspecified atom stereocenters. The molecule has 0 aliphatic rings. The number of rotatable bonds is 3. The summed E-state index contributed by atoms with van der Waals surface area (Å²) in [7, 11) is 1.57. The molecule has 4 heteroatoms. The van der Waals surface area contributed by atoms with E-state index in [9.17, 15) is 0 Å². The Kier molecular flexibility index (Phi) is 3.22. The van der Waals surface area contributed by atoms with Crippen molar-refractivity contribution in [2.75, 3.05) is 7.11 Å². The van der Waals surface area contributed by atoms with Crippen LogP contribution in [0.1, 0.15) is 25.5 Å². The van der Waals surface area contributed by atoms with E-state index in [0.717, 1.165) is 10.8 Å². The van der Waals surface area contributed by atoms with Crippen LogP contribution in [-0.4, -0.2) is 18.5 Å². The highest BCUT2D eigenvalue weighted by Crippen LogP contribution is 2.23. The van der Waals surface area contributed by atoms with Gasteiger partial charge in [-0.05, 0) is 5.92 Å². The van der Waals surface area contributed by atoms with E-state index in [1.807, 2.05) is 5.38 Å². The lowest BCUT2D eigenvalue weighted by molar-refractivity contribution is 0.423. The third-order valence-electron chi connectivity index (χ3n) is 1.37. The van der Waals surface area contributed by atoms with Crippen molar-refractivity contribution in [1.82, 2.24) is 4.98 Å². The monoisotopic (exact) mass is 184 g/mol. The van der Waals surface area contributed by atoms with E-state index in [2.05, 4.69) is 23.8 Å². The van der Waals surface area contributed by atoms with Crippen molar-refractivity contribution in [3.8, 4) is 0 Å². The van der Waals surface area contributed by atoms with Gasteiger partial charge in [-0.3, -0.25) is 0 Å². The van der Waals surface area contributed by atoms with E-state index in [-0.39, 0.29) is 0 Å². The van der Waals surface area contributed by atoms with Crippen LogP contribution in [0.5, 0.6) is 0 Å². The third kappa shape index (κ3) is 2.30. The van der Waals surface area contributed by atoms with Crippen molar-refractivity contribution in [2.45, 2.75) is 19.8 Å². The van der Waals surface area contributed by atoms with Gasteiger partial charge in [0.1, 0.15) is 0 Å². The lowest BCUT2D eigenvalue weighted by Gasteiger charge is -1.95. The van der Waals surface area contributed by atoms with Crippen LogP contribution in [0.25, 0.3) is 0 Å². The minimum absolute atomic E-state index is 0.466. The normalized spacial score (nSPS) is 11.3. The Hall–Kier alpha value is -0.900. The Morgan fingerprint density at radius 2 is 2.42 bits per heavy atom. The lowest BCUT2D eigenvalue weighted by Crippen LogP contribution is -1.85. The number of thiazole rings is 1. The summed E-state index contributed by atoms with van der Waals surface area (Å²) in [4.78, 5) is 8.28. The maximum Gasteiger partial charge on any atom is 0.212 e. The topological polar surface area (TPSA) is 34.5 Å². The number of hydrogen-bond donors (Lipinski definition) is 0. The van der Waals surface area contributed by atoms with E-state index in [1.165, 1.54) is 17.7 Å². The molecule has 0 aliphatic carbocycles. The summed E-state index contributed by atoms with van der Waals surface area (Å²) in [5.41, 5.74) is 1.09. The third-order valence-corrected chi connectivity index (χ3v) is 2.14. The van der Waals surface area contributed by atoms with Gasteiger partial charge in [0.2, 0.25) is 5.13 Å². The van der Waals surface area contributed by atoms with Gasteiger partial charge in [0.25, 0.3) is 0 Å². The molecule has 0 aromatic carbocycles. The zero-order chi connectivity index (χ0) is 8.97. The van der Waals surface area contributed by atoms with Crippen LogP contribution >= 0.6 is 11.3 Å². The number of aromatic nitrogens is 1. The van der Waals surface area contributed by atoms with Crippen molar-refractivity contribution < 1.29 is 4.74 Å². The Morgan fingerprint density at radius 1 is 1.67 bits per heavy atom. The molecule has 0 bridgehead atoms. The summed E-state index contributed by atoms with van der Waals surface area (Å²) in [5, 5.41) is 2.77. The van der Waals surface area contributed by atoms with E-state index in [0.29, 0.717) is 5.92 Å². The van der Waals surface area contributed by atoms with Crippen LogP contribution in [0.2, 0.25) is 0 Å². The van der Waals surface area contributed by atoms with Crippen LogP contribution in [0.3, 0.4) is 0 Å².